The van der Waals surface area contributed by atoms with E-state index in [4.69, 9.17) is 24.2 Å². The summed E-state index contributed by atoms with van der Waals surface area (Å²) in [6.07, 6.45) is 3.07. The zero-order valence-corrected chi connectivity index (χ0v) is 23.3. The fourth-order valence-corrected chi connectivity index (χ4v) is 5.56. The molecule has 1 aromatic carbocycles. The van der Waals surface area contributed by atoms with Crippen molar-refractivity contribution in [1.29, 1.82) is 0 Å². The van der Waals surface area contributed by atoms with Crippen molar-refractivity contribution in [3.63, 3.8) is 0 Å². The molecule has 0 unspecified atom stereocenters. The lowest BCUT2D eigenvalue weighted by Crippen LogP contribution is -2.11. The van der Waals surface area contributed by atoms with Gasteiger partial charge in [-0.1, -0.05) is 18.2 Å². The van der Waals surface area contributed by atoms with E-state index in [1.54, 1.807) is 61.4 Å². The number of nitrogens with zero attached hydrogens (tertiary/aromatic N) is 6. The Labute approximate surface area is 231 Å². The minimum absolute atomic E-state index is 0.216. The lowest BCUT2D eigenvalue weighted by Gasteiger charge is -2.16. The molecule has 5 aromatic rings. The number of para-hydroxylation sites is 1. The molecular weight excluding hydrogens is 532 g/mol. The summed E-state index contributed by atoms with van der Waals surface area (Å²) in [5, 5.41) is 0. The van der Waals surface area contributed by atoms with Gasteiger partial charge < -0.3 is 14.2 Å². The summed E-state index contributed by atoms with van der Waals surface area (Å²) >= 11 is 0. The molecule has 0 amide bonds. The van der Waals surface area contributed by atoms with E-state index < -0.39 is 9.84 Å². The zero-order chi connectivity index (χ0) is 28.3. The van der Waals surface area contributed by atoms with Crippen LogP contribution in [0.2, 0.25) is 0 Å². The van der Waals surface area contributed by atoms with Crippen LogP contribution in [0.3, 0.4) is 0 Å². The van der Waals surface area contributed by atoms with Crippen LogP contribution in [0, 0.1) is 6.92 Å². The molecule has 12 heteroatoms. The number of aryl methyl sites for hydroxylation is 1. The lowest BCUT2D eigenvalue weighted by molar-refractivity contribution is 0.327. The standard InChI is InChI=1S/C28H28N6O5S/c1-5-39-24-11-6-8-21(32-24)27-33-26-28(34(27)25-22(37-3)9-7-10-23(25)38-4)31-20(15-30-26)17-40(35,36)16-19-13-12-18(2)14-29-19/h6-15H,5,16-17H2,1-4H3. The molecule has 0 saturated carbocycles. The molecule has 0 N–H and O–H groups in total. The van der Waals surface area contributed by atoms with Gasteiger partial charge in [0.15, 0.2) is 27.0 Å². The van der Waals surface area contributed by atoms with Crippen molar-refractivity contribution in [2.45, 2.75) is 25.4 Å². The molecule has 40 heavy (non-hydrogen) atoms. The molecule has 206 valence electrons. The number of pyridine rings is 2. The zero-order valence-electron chi connectivity index (χ0n) is 22.5. The van der Waals surface area contributed by atoms with Gasteiger partial charge in [0.25, 0.3) is 0 Å². The number of benzene rings is 1. The number of imidazole rings is 1. The predicted octanol–water partition coefficient (Wildman–Crippen LogP) is 4.11. The average Bonchev–Trinajstić information content (AvgIpc) is 3.32. The SMILES string of the molecule is CCOc1cccc(-c2nc3ncc(CS(=O)(=O)Cc4ccc(C)cn4)nc3n2-c2c(OC)cccc2OC)n1. The second-order valence-electron chi connectivity index (χ2n) is 8.94. The highest BCUT2D eigenvalue weighted by Crippen LogP contribution is 2.37. The van der Waals surface area contributed by atoms with Crippen molar-refractivity contribution in [2.75, 3.05) is 20.8 Å². The minimum atomic E-state index is -3.60. The van der Waals surface area contributed by atoms with Gasteiger partial charge in [0.05, 0.1) is 49.9 Å². The van der Waals surface area contributed by atoms with Crippen LogP contribution in [0.15, 0.2) is 60.9 Å². The Balaban J connectivity index is 1.66. The monoisotopic (exact) mass is 560 g/mol. The summed E-state index contributed by atoms with van der Waals surface area (Å²) in [6, 6.07) is 14.3. The fraction of sp³-hybridized carbons (Fsp3) is 0.250. The number of hydrogen-bond donors (Lipinski definition) is 0. The van der Waals surface area contributed by atoms with Gasteiger partial charge in [0.1, 0.15) is 22.9 Å². The van der Waals surface area contributed by atoms with Crippen molar-refractivity contribution in [1.82, 2.24) is 29.5 Å². The second-order valence-corrected chi connectivity index (χ2v) is 11.0. The van der Waals surface area contributed by atoms with E-state index in [0.717, 1.165) is 5.56 Å². The second kappa shape index (κ2) is 11.3. The van der Waals surface area contributed by atoms with E-state index in [2.05, 4.69) is 15.0 Å². The van der Waals surface area contributed by atoms with Crippen LogP contribution in [0.25, 0.3) is 28.5 Å². The van der Waals surface area contributed by atoms with Gasteiger partial charge in [0.2, 0.25) is 5.88 Å². The molecule has 5 rings (SSSR count). The molecule has 4 aromatic heterocycles. The topological polar surface area (TPSA) is 131 Å². The smallest absolute Gasteiger partial charge is 0.213 e. The first-order valence-corrected chi connectivity index (χ1v) is 14.3. The molecule has 0 saturated heterocycles. The molecule has 0 aliphatic rings. The van der Waals surface area contributed by atoms with E-state index in [1.807, 2.05) is 26.0 Å². The Hall–Kier alpha value is -4.58. The summed E-state index contributed by atoms with van der Waals surface area (Å²) in [5.41, 5.74) is 3.32. The lowest BCUT2D eigenvalue weighted by atomic mass is 10.2. The molecule has 0 bridgehead atoms. The average molecular weight is 561 g/mol. The van der Waals surface area contributed by atoms with Crippen molar-refractivity contribution in [3.05, 3.63) is 77.9 Å². The first-order valence-electron chi connectivity index (χ1n) is 12.5. The van der Waals surface area contributed by atoms with Crippen LogP contribution < -0.4 is 14.2 Å². The Bertz CT molecular complexity index is 1750. The van der Waals surface area contributed by atoms with E-state index in [9.17, 15) is 8.42 Å². The molecule has 0 atom stereocenters. The number of methoxy groups -OCH3 is 2. The van der Waals surface area contributed by atoms with Gasteiger partial charge in [-0.3, -0.25) is 9.55 Å². The van der Waals surface area contributed by atoms with E-state index >= 15 is 0 Å². The van der Waals surface area contributed by atoms with Crippen LogP contribution in [-0.2, 0) is 21.3 Å². The van der Waals surface area contributed by atoms with Crippen LogP contribution in [-0.4, -0.2) is 58.7 Å². The molecule has 11 nitrogen and oxygen atoms in total. The largest absolute Gasteiger partial charge is 0.494 e. The first kappa shape index (κ1) is 27.0. The number of aromatic nitrogens is 6. The number of sulfone groups is 1. The maximum atomic E-state index is 13.1. The van der Waals surface area contributed by atoms with Crippen LogP contribution in [0.1, 0.15) is 23.9 Å². The third-order valence-electron chi connectivity index (χ3n) is 6.00. The molecule has 0 radical (unpaired) electrons. The summed E-state index contributed by atoms with van der Waals surface area (Å²) < 4.78 is 44.8. The van der Waals surface area contributed by atoms with Crippen molar-refractivity contribution in [2.24, 2.45) is 0 Å². The first-order chi connectivity index (χ1) is 19.3. The Kier molecular flexibility index (Phi) is 7.60. The van der Waals surface area contributed by atoms with Crippen LogP contribution >= 0.6 is 0 Å². The van der Waals surface area contributed by atoms with Gasteiger partial charge in [0, 0.05) is 12.3 Å². The van der Waals surface area contributed by atoms with Gasteiger partial charge in [-0.2, -0.15) is 0 Å². The number of ether oxygens (including phenoxy) is 3. The summed E-state index contributed by atoms with van der Waals surface area (Å²) in [4.78, 5) is 22.8. The molecule has 0 aliphatic carbocycles. The van der Waals surface area contributed by atoms with E-state index in [1.165, 1.54) is 6.20 Å². The van der Waals surface area contributed by atoms with Crippen molar-refractivity contribution in [3.8, 4) is 34.6 Å². The Morgan fingerprint density at radius 2 is 1.55 bits per heavy atom. The number of rotatable bonds is 10. The third kappa shape index (κ3) is 5.57. The summed E-state index contributed by atoms with van der Waals surface area (Å²) in [6.45, 7) is 4.22. The maximum absolute atomic E-state index is 13.1. The van der Waals surface area contributed by atoms with Crippen molar-refractivity contribution >= 4 is 21.1 Å². The van der Waals surface area contributed by atoms with Gasteiger partial charge >= 0.3 is 0 Å². The summed E-state index contributed by atoms with van der Waals surface area (Å²) in [7, 11) is -0.504. The molecule has 0 fully saturated rings. The Morgan fingerprint density at radius 3 is 2.23 bits per heavy atom. The molecule has 4 heterocycles. The quantitative estimate of drug-likeness (QED) is 0.246. The van der Waals surface area contributed by atoms with Crippen LogP contribution in [0.4, 0.5) is 0 Å². The molecular formula is C28H28N6O5S. The predicted molar refractivity (Wildman–Crippen MR) is 149 cm³/mol. The number of hydrogen-bond acceptors (Lipinski definition) is 10. The highest BCUT2D eigenvalue weighted by molar-refractivity contribution is 7.89. The highest BCUT2D eigenvalue weighted by Gasteiger charge is 2.25. The fourth-order valence-electron chi connectivity index (χ4n) is 4.25. The van der Waals surface area contributed by atoms with Gasteiger partial charge in [-0.05, 0) is 43.7 Å². The van der Waals surface area contributed by atoms with Gasteiger partial charge in [-0.25, -0.2) is 28.4 Å². The molecule has 0 spiro atoms. The maximum Gasteiger partial charge on any atom is 0.213 e. The van der Waals surface area contributed by atoms with Gasteiger partial charge in [-0.15, -0.1) is 0 Å². The minimum Gasteiger partial charge on any atom is -0.494 e. The third-order valence-corrected chi connectivity index (χ3v) is 7.47. The van der Waals surface area contributed by atoms with Crippen molar-refractivity contribution < 1.29 is 22.6 Å². The molecule has 0 aliphatic heterocycles. The highest BCUT2D eigenvalue weighted by atomic mass is 32.2. The van der Waals surface area contributed by atoms with E-state index in [-0.39, 0.29) is 17.2 Å². The number of fused-ring (bicyclic) bond motifs is 1. The normalized spacial score (nSPS) is 11.5. The van der Waals surface area contributed by atoms with Crippen LogP contribution in [0.5, 0.6) is 17.4 Å². The van der Waals surface area contributed by atoms with E-state index in [0.29, 0.717) is 58.2 Å². The Morgan fingerprint density at radius 1 is 0.825 bits per heavy atom. The summed E-state index contributed by atoms with van der Waals surface area (Å²) in [5.74, 6) is 1.28.